The van der Waals surface area contributed by atoms with Crippen LogP contribution in [-0.4, -0.2) is 23.8 Å². The molecule has 2 atom stereocenters. The van der Waals surface area contributed by atoms with Crippen molar-refractivity contribution >= 4 is 9.24 Å². The number of aryl methyl sites for hydroxylation is 1. The molecule has 1 unspecified atom stereocenters. The minimum atomic E-state index is 0.610. The van der Waals surface area contributed by atoms with E-state index in [1.165, 1.54) is 50.8 Å². The molecule has 0 radical (unpaired) electrons. The van der Waals surface area contributed by atoms with Gasteiger partial charge in [-0.2, -0.15) is 0 Å². The zero-order valence-corrected chi connectivity index (χ0v) is 13.1. The first-order valence-electron chi connectivity index (χ1n) is 7.27. The summed E-state index contributed by atoms with van der Waals surface area (Å²) >= 11 is 0. The van der Waals surface area contributed by atoms with Gasteiger partial charge in [-0.25, -0.2) is 0 Å². The SMILES string of the molecule is CCCN(CCCCCc1ccccc1)[C@@H](C)P. The normalized spacial score (nSPS) is 12.9. The minimum absolute atomic E-state index is 0.610. The van der Waals surface area contributed by atoms with E-state index in [2.05, 4.69) is 58.3 Å². The quantitative estimate of drug-likeness (QED) is 0.474. The van der Waals surface area contributed by atoms with Gasteiger partial charge in [0.05, 0.1) is 0 Å². The fourth-order valence-corrected chi connectivity index (χ4v) is 2.57. The van der Waals surface area contributed by atoms with Crippen LogP contribution in [0.3, 0.4) is 0 Å². The highest BCUT2D eigenvalue weighted by atomic mass is 31.0. The Balaban J connectivity index is 2.10. The number of hydrogen-bond acceptors (Lipinski definition) is 1. The lowest BCUT2D eigenvalue weighted by Gasteiger charge is -2.25. The minimum Gasteiger partial charge on any atom is -0.297 e. The van der Waals surface area contributed by atoms with Crippen LogP contribution >= 0.6 is 9.24 Å². The summed E-state index contributed by atoms with van der Waals surface area (Å²) < 4.78 is 0. The van der Waals surface area contributed by atoms with E-state index in [1.54, 1.807) is 0 Å². The van der Waals surface area contributed by atoms with Crippen LogP contribution in [0.25, 0.3) is 0 Å². The van der Waals surface area contributed by atoms with Crippen molar-refractivity contribution in [2.75, 3.05) is 13.1 Å². The third kappa shape index (κ3) is 6.52. The second-order valence-electron chi connectivity index (χ2n) is 5.07. The van der Waals surface area contributed by atoms with E-state index < -0.39 is 0 Å². The van der Waals surface area contributed by atoms with Crippen LogP contribution < -0.4 is 0 Å². The predicted molar refractivity (Wildman–Crippen MR) is 85.0 cm³/mol. The predicted octanol–water partition coefficient (Wildman–Crippen LogP) is 4.33. The Morgan fingerprint density at radius 1 is 1.06 bits per heavy atom. The van der Waals surface area contributed by atoms with Crippen LogP contribution in [0.15, 0.2) is 30.3 Å². The topological polar surface area (TPSA) is 3.24 Å². The number of nitrogens with zero attached hydrogens (tertiary/aromatic N) is 1. The zero-order chi connectivity index (χ0) is 13.2. The summed E-state index contributed by atoms with van der Waals surface area (Å²) in [6, 6.07) is 10.8. The van der Waals surface area contributed by atoms with E-state index in [1.807, 2.05) is 0 Å². The summed E-state index contributed by atoms with van der Waals surface area (Å²) in [5, 5.41) is 0. The second kappa shape index (κ2) is 9.53. The molecule has 1 aromatic rings. The highest BCUT2D eigenvalue weighted by Crippen LogP contribution is 2.11. The highest BCUT2D eigenvalue weighted by Gasteiger charge is 2.07. The number of rotatable bonds is 9. The maximum Gasteiger partial charge on any atom is 0.0211 e. The average molecular weight is 265 g/mol. The van der Waals surface area contributed by atoms with Gasteiger partial charge in [0.25, 0.3) is 0 Å². The van der Waals surface area contributed by atoms with E-state index in [0.717, 1.165) is 0 Å². The smallest absolute Gasteiger partial charge is 0.0211 e. The van der Waals surface area contributed by atoms with Crippen molar-refractivity contribution in [1.82, 2.24) is 4.90 Å². The Labute approximate surface area is 115 Å². The van der Waals surface area contributed by atoms with Gasteiger partial charge in [-0.05, 0) is 51.3 Å². The van der Waals surface area contributed by atoms with Crippen LogP contribution in [0, 0.1) is 0 Å². The lowest BCUT2D eigenvalue weighted by atomic mass is 10.1. The molecule has 18 heavy (non-hydrogen) atoms. The standard InChI is InChI=1S/C16H28NP/c1-3-13-17(15(2)18)14-9-5-8-12-16-10-6-4-7-11-16/h4,6-7,10-11,15H,3,5,8-9,12-14,18H2,1-2H3/t15-/m1/s1. The van der Waals surface area contributed by atoms with E-state index in [9.17, 15) is 0 Å². The molecule has 0 aliphatic heterocycles. The zero-order valence-electron chi connectivity index (χ0n) is 11.9. The molecule has 0 heterocycles. The van der Waals surface area contributed by atoms with E-state index in [4.69, 9.17) is 0 Å². The van der Waals surface area contributed by atoms with Crippen molar-refractivity contribution < 1.29 is 0 Å². The van der Waals surface area contributed by atoms with E-state index in [-0.39, 0.29) is 0 Å². The molecule has 0 amide bonds. The van der Waals surface area contributed by atoms with Crippen molar-refractivity contribution in [1.29, 1.82) is 0 Å². The number of benzene rings is 1. The maximum absolute atomic E-state index is 2.91. The summed E-state index contributed by atoms with van der Waals surface area (Å²) in [7, 11) is 2.91. The van der Waals surface area contributed by atoms with Gasteiger partial charge in [-0.1, -0.05) is 43.7 Å². The molecule has 1 aromatic carbocycles. The largest absolute Gasteiger partial charge is 0.297 e. The Hall–Kier alpha value is -0.390. The third-order valence-electron chi connectivity index (χ3n) is 3.34. The van der Waals surface area contributed by atoms with Gasteiger partial charge < -0.3 is 0 Å². The molecule has 1 nitrogen and oxygen atoms in total. The molecule has 0 bridgehead atoms. The third-order valence-corrected chi connectivity index (χ3v) is 3.76. The van der Waals surface area contributed by atoms with Crippen LogP contribution in [0.4, 0.5) is 0 Å². The molecular formula is C16H28NP. The molecule has 0 fully saturated rings. The van der Waals surface area contributed by atoms with Gasteiger partial charge in [0.1, 0.15) is 0 Å². The van der Waals surface area contributed by atoms with Crippen LogP contribution in [0.5, 0.6) is 0 Å². The number of unbranched alkanes of at least 4 members (excludes halogenated alkanes) is 2. The number of hydrogen-bond donors (Lipinski definition) is 0. The van der Waals surface area contributed by atoms with Crippen molar-refractivity contribution in [3.8, 4) is 0 Å². The average Bonchev–Trinajstić information content (AvgIpc) is 2.38. The van der Waals surface area contributed by atoms with Gasteiger partial charge in [0.15, 0.2) is 0 Å². The Kier molecular flexibility index (Phi) is 8.29. The monoisotopic (exact) mass is 265 g/mol. The van der Waals surface area contributed by atoms with Crippen LogP contribution in [0.1, 0.15) is 45.1 Å². The van der Waals surface area contributed by atoms with Crippen molar-refractivity contribution in [3.63, 3.8) is 0 Å². The highest BCUT2D eigenvalue weighted by molar-refractivity contribution is 7.17. The molecular weight excluding hydrogens is 237 g/mol. The lowest BCUT2D eigenvalue weighted by molar-refractivity contribution is 0.260. The summed E-state index contributed by atoms with van der Waals surface area (Å²) in [5.74, 6) is 0.610. The van der Waals surface area contributed by atoms with Gasteiger partial charge in [0.2, 0.25) is 0 Å². The maximum atomic E-state index is 2.91. The Morgan fingerprint density at radius 2 is 1.78 bits per heavy atom. The molecule has 102 valence electrons. The summed E-state index contributed by atoms with van der Waals surface area (Å²) in [6.07, 6.45) is 6.46. The fourth-order valence-electron chi connectivity index (χ4n) is 2.27. The molecule has 0 saturated heterocycles. The Bertz CT molecular complexity index is 297. The second-order valence-corrected chi connectivity index (χ2v) is 6.04. The summed E-state index contributed by atoms with van der Waals surface area (Å²) in [4.78, 5) is 2.56. The van der Waals surface area contributed by atoms with E-state index in [0.29, 0.717) is 5.78 Å². The molecule has 0 aliphatic carbocycles. The van der Waals surface area contributed by atoms with Gasteiger partial charge >= 0.3 is 0 Å². The molecule has 0 spiro atoms. The first-order valence-corrected chi connectivity index (χ1v) is 7.94. The van der Waals surface area contributed by atoms with E-state index >= 15 is 0 Å². The van der Waals surface area contributed by atoms with Crippen molar-refractivity contribution in [2.24, 2.45) is 0 Å². The summed E-state index contributed by atoms with van der Waals surface area (Å²) in [5.41, 5.74) is 1.47. The first-order chi connectivity index (χ1) is 8.74. The molecule has 2 heteroatoms. The van der Waals surface area contributed by atoms with Gasteiger partial charge in [-0.15, -0.1) is 9.24 Å². The summed E-state index contributed by atoms with van der Waals surface area (Å²) in [6.45, 7) is 7.00. The van der Waals surface area contributed by atoms with Crippen LogP contribution in [0.2, 0.25) is 0 Å². The molecule has 0 aromatic heterocycles. The lowest BCUT2D eigenvalue weighted by Crippen LogP contribution is -2.30. The van der Waals surface area contributed by atoms with Gasteiger partial charge in [-0.3, -0.25) is 4.90 Å². The van der Waals surface area contributed by atoms with Crippen molar-refractivity contribution in [2.45, 2.75) is 51.7 Å². The van der Waals surface area contributed by atoms with Crippen molar-refractivity contribution in [3.05, 3.63) is 35.9 Å². The molecule has 0 saturated carbocycles. The Morgan fingerprint density at radius 3 is 2.39 bits per heavy atom. The molecule has 0 aliphatic rings. The van der Waals surface area contributed by atoms with Crippen LogP contribution in [-0.2, 0) is 6.42 Å². The van der Waals surface area contributed by atoms with Gasteiger partial charge in [0, 0.05) is 5.78 Å². The fraction of sp³-hybridized carbons (Fsp3) is 0.625. The molecule has 0 N–H and O–H groups in total. The molecule has 1 rings (SSSR count). The first kappa shape index (κ1) is 15.7.